The standard InChI is InChI=1S/C34H41N3O10/c1-5-6-10-15-35-31(43)23(36-32(44)24(17-20-11-8-7-9-12-20)37-33(45)47-34(2,3)4)18-21-13-14-25(46-19-26(38)39)22(16-21)27-28(40)30(42)29(27)41/h7-9,11-14,16,23-24,40H,5-6,10,15,17-19H2,1-4H3,(H,35,43)(H,36,44)(H,37,45)(H,38,39)/t23-,24-/m0/s1. The Bertz CT molecular complexity index is 1640. The fourth-order valence-corrected chi connectivity index (χ4v) is 4.73. The van der Waals surface area contributed by atoms with Gasteiger partial charge in [-0.15, -0.1) is 0 Å². The number of nitrogens with one attached hydrogen (secondary N) is 3. The van der Waals surface area contributed by atoms with Gasteiger partial charge in [0.05, 0.1) is 5.56 Å². The number of ether oxygens (including phenoxy) is 2. The van der Waals surface area contributed by atoms with Crippen LogP contribution in [0.15, 0.2) is 58.1 Å². The fourth-order valence-electron chi connectivity index (χ4n) is 4.73. The second-order valence-corrected chi connectivity index (χ2v) is 12.0. The first kappa shape index (κ1) is 36.3. The van der Waals surface area contributed by atoms with E-state index in [1.54, 1.807) is 45.0 Å². The first-order valence-corrected chi connectivity index (χ1v) is 15.3. The molecule has 0 aromatic heterocycles. The highest BCUT2D eigenvalue weighted by molar-refractivity contribution is 5.92. The molecule has 0 aliphatic heterocycles. The van der Waals surface area contributed by atoms with E-state index in [4.69, 9.17) is 14.6 Å². The number of aromatic hydroxyl groups is 1. The molecule has 13 heteroatoms. The van der Waals surface area contributed by atoms with E-state index < -0.39 is 64.8 Å². The quantitative estimate of drug-likeness (QED) is 0.113. The summed E-state index contributed by atoms with van der Waals surface area (Å²) >= 11 is 0. The van der Waals surface area contributed by atoms with Crippen LogP contribution in [0.3, 0.4) is 0 Å². The smallest absolute Gasteiger partial charge is 0.408 e. The van der Waals surface area contributed by atoms with Crippen molar-refractivity contribution in [1.82, 2.24) is 16.0 Å². The number of carboxylic acid groups (broad SMARTS) is 1. The largest absolute Gasteiger partial charge is 0.503 e. The Labute approximate surface area is 272 Å². The topological polar surface area (TPSA) is 197 Å². The Kier molecular flexibility index (Phi) is 12.6. The molecule has 252 valence electrons. The molecule has 3 amide bonds. The van der Waals surface area contributed by atoms with Crippen LogP contribution >= 0.6 is 0 Å². The van der Waals surface area contributed by atoms with Crippen molar-refractivity contribution in [2.45, 2.75) is 77.5 Å². The summed E-state index contributed by atoms with van der Waals surface area (Å²) in [4.78, 5) is 75.1. The van der Waals surface area contributed by atoms with Gasteiger partial charge in [0, 0.05) is 24.9 Å². The van der Waals surface area contributed by atoms with Gasteiger partial charge >= 0.3 is 12.1 Å². The summed E-state index contributed by atoms with van der Waals surface area (Å²) in [6, 6.07) is 10.9. The summed E-state index contributed by atoms with van der Waals surface area (Å²) in [5.41, 5.74) is -2.13. The Morgan fingerprint density at radius 1 is 0.851 bits per heavy atom. The zero-order chi connectivity index (χ0) is 34.7. The lowest BCUT2D eigenvalue weighted by Gasteiger charge is -2.25. The number of alkyl carbamates (subject to hydrolysis) is 1. The van der Waals surface area contributed by atoms with Crippen LogP contribution in [0.1, 0.15) is 58.1 Å². The molecule has 0 aliphatic carbocycles. The maximum absolute atomic E-state index is 13.7. The highest BCUT2D eigenvalue weighted by Gasteiger charge is 2.30. The highest BCUT2D eigenvalue weighted by atomic mass is 16.6. The molecule has 0 spiro atoms. The number of carboxylic acids is 1. The average molecular weight is 652 g/mol. The molecule has 3 aromatic rings. The molecular formula is C34H41N3O10. The molecule has 13 nitrogen and oxygen atoms in total. The predicted octanol–water partition coefficient (Wildman–Crippen LogP) is 2.59. The van der Waals surface area contributed by atoms with Crippen LogP contribution in [0.25, 0.3) is 11.1 Å². The molecule has 0 saturated heterocycles. The second-order valence-electron chi connectivity index (χ2n) is 12.0. The number of carbonyl (C=O) groups is 4. The lowest BCUT2D eigenvalue weighted by atomic mass is 9.94. The van der Waals surface area contributed by atoms with Gasteiger partial charge in [-0.3, -0.25) is 19.2 Å². The fraction of sp³-hybridized carbons (Fsp3) is 0.412. The van der Waals surface area contributed by atoms with Crippen molar-refractivity contribution in [3.8, 4) is 22.6 Å². The zero-order valence-electron chi connectivity index (χ0n) is 26.9. The lowest BCUT2D eigenvalue weighted by Crippen LogP contribution is -2.55. The van der Waals surface area contributed by atoms with E-state index in [0.29, 0.717) is 18.5 Å². The van der Waals surface area contributed by atoms with Gasteiger partial charge in [-0.1, -0.05) is 56.2 Å². The molecular weight excluding hydrogens is 610 g/mol. The maximum Gasteiger partial charge on any atom is 0.408 e. The molecule has 0 heterocycles. The monoisotopic (exact) mass is 651 g/mol. The number of hydrogen-bond acceptors (Lipinski definition) is 9. The van der Waals surface area contributed by atoms with Crippen LogP contribution in [-0.4, -0.2) is 64.9 Å². The molecule has 47 heavy (non-hydrogen) atoms. The van der Waals surface area contributed by atoms with E-state index in [2.05, 4.69) is 16.0 Å². The molecule has 0 fully saturated rings. The third kappa shape index (κ3) is 10.7. The number of carbonyl (C=O) groups excluding carboxylic acids is 3. The third-order valence-corrected chi connectivity index (χ3v) is 6.99. The molecule has 5 N–H and O–H groups in total. The summed E-state index contributed by atoms with van der Waals surface area (Å²) in [5, 5.41) is 27.3. The first-order valence-electron chi connectivity index (χ1n) is 15.3. The van der Waals surface area contributed by atoms with Gasteiger partial charge in [0.25, 0.3) is 5.43 Å². The van der Waals surface area contributed by atoms with Crippen molar-refractivity contribution in [1.29, 1.82) is 0 Å². The van der Waals surface area contributed by atoms with Crippen LogP contribution in [-0.2, 0) is 32.0 Å². The van der Waals surface area contributed by atoms with Crippen LogP contribution in [0.2, 0.25) is 0 Å². The Balaban J connectivity index is 1.94. The Hall–Kier alpha value is -5.20. The highest BCUT2D eigenvalue weighted by Crippen LogP contribution is 2.34. The van der Waals surface area contributed by atoms with E-state index in [0.717, 1.165) is 18.4 Å². The van der Waals surface area contributed by atoms with Gasteiger partial charge in [0.2, 0.25) is 17.2 Å². The molecule has 3 aromatic carbocycles. The van der Waals surface area contributed by atoms with Gasteiger partial charge in [0.1, 0.15) is 23.4 Å². The Morgan fingerprint density at radius 3 is 2.13 bits per heavy atom. The summed E-state index contributed by atoms with van der Waals surface area (Å²) in [7, 11) is 0. The SMILES string of the molecule is CCCCCNC(=O)[C@H](Cc1ccc(OCC(=O)O)c(-c2c(O)c(=O)c2=O)c1)NC(=O)[C@H](Cc1ccccc1)NC(=O)OC(C)(C)C. The van der Waals surface area contributed by atoms with Gasteiger partial charge in [-0.05, 0) is 50.5 Å². The maximum atomic E-state index is 13.7. The summed E-state index contributed by atoms with van der Waals surface area (Å²) in [5.74, 6) is -3.32. The molecule has 3 rings (SSSR count). The summed E-state index contributed by atoms with van der Waals surface area (Å²) in [6.45, 7) is 6.68. The minimum absolute atomic E-state index is 0.0344. The van der Waals surface area contributed by atoms with Gasteiger partial charge < -0.3 is 35.6 Å². The number of hydrogen-bond donors (Lipinski definition) is 5. The Morgan fingerprint density at radius 2 is 1.51 bits per heavy atom. The van der Waals surface area contributed by atoms with Crippen molar-refractivity contribution in [2.24, 2.45) is 0 Å². The van der Waals surface area contributed by atoms with E-state index in [1.165, 1.54) is 18.2 Å². The minimum atomic E-state index is -1.29. The number of aliphatic carboxylic acids is 1. The van der Waals surface area contributed by atoms with Crippen LogP contribution in [0.4, 0.5) is 4.79 Å². The van der Waals surface area contributed by atoms with E-state index in [9.17, 15) is 33.9 Å². The van der Waals surface area contributed by atoms with Crippen molar-refractivity contribution >= 4 is 23.9 Å². The number of rotatable bonds is 16. The van der Waals surface area contributed by atoms with Crippen molar-refractivity contribution in [2.75, 3.05) is 13.2 Å². The number of unbranched alkanes of at least 4 members (excludes halogenated alkanes) is 2. The van der Waals surface area contributed by atoms with E-state index >= 15 is 0 Å². The molecule has 0 unspecified atom stereocenters. The zero-order valence-corrected chi connectivity index (χ0v) is 26.9. The van der Waals surface area contributed by atoms with Crippen molar-refractivity contribution in [3.63, 3.8) is 0 Å². The third-order valence-electron chi connectivity index (χ3n) is 6.99. The van der Waals surface area contributed by atoms with Crippen LogP contribution < -0.4 is 31.5 Å². The van der Waals surface area contributed by atoms with Gasteiger partial charge in [-0.25, -0.2) is 9.59 Å². The normalized spacial score (nSPS) is 12.5. The lowest BCUT2D eigenvalue weighted by molar-refractivity contribution is -0.139. The molecule has 0 aliphatic rings. The van der Waals surface area contributed by atoms with Crippen molar-refractivity contribution in [3.05, 3.63) is 80.1 Å². The molecule has 0 radical (unpaired) electrons. The minimum Gasteiger partial charge on any atom is -0.503 e. The van der Waals surface area contributed by atoms with E-state index in [-0.39, 0.29) is 29.7 Å². The van der Waals surface area contributed by atoms with Crippen LogP contribution in [0.5, 0.6) is 11.5 Å². The number of benzene rings is 2. The van der Waals surface area contributed by atoms with E-state index in [1.807, 2.05) is 13.0 Å². The van der Waals surface area contributed by atoms with Gasteiger partial charge in [-0.2, -0.15) is 0 Å². The molecule has 0 saturated carbocycles. The van der Waals surface area contributed by atoms with Gasteiger partial charge in [0.15, 0.2) is 12.4 Å². The first-order chi connectivity index (χ1) is 22.2. The second kappa shape index (κ2) is 16.4. The predicted molar refractivity (Wildman–Crippen MR) is 173 cm³/mol. The molecule has 2 atom stereocenters. The summed E-state index contributed by atoms with van der Waals surface area (Å²) in [6.07, 6.45) is 1.68. The average Bonchev–Trinajstić information content (AvgIpc) is 3.01. The summed E-state index contributed by atoms with van der Waals surface area (Å²) < 4.78 is 10.7. The van der Waals surface area contributed by atoms with Crippen LogP contribution in [0, 0.1) is 0 Å². The number of amides is 3. The molecule has 0 bridgehead atoms. The van der Waals surface area contributed by atoms with Crippen molar-refractivity contribution < 1.29 is 38.9 Å².